The largest absolute Gasteiger partial charge is 0.380 e. The number of halogens is 1. The van der Waals surface area contributed by atoms with Crippen molar-refractivity contribution in [1.29, 1.82) is 0 Å². The van der Waals surface area contributed by atoms with Crippen molar-refractivity contribution in [3.05, 3.63) is 87.5 Å². The zero-order chi connectivity index (χ0) is 27.6. The van der Waals surface area contributed by atoms with Gasteiger partial charge >= 0.3 is 0 Å². The molecule has 0 bridgehead atoms. The smallest absolute Gasteiger partial charge is 0.256 e. The predicted molar refractivity (Wildman–Crippen MR) is 144 cm³/mol. The van der Waals surface area contributed by atoms with E-state index in [1.54, 1.807) is 50.4 Å². The number of ether oxygens (including phenoxy) is 1. The number of carbonyl (C=O) groups excluding carboxylic acids is 3. The predicted octanol–water partition coefficient (Wildman–Crippen LogP) is 4.52. The summed E-state index contributed by atoms with van der Waals surface area (Å²) >= 11 is 0. The van der Waals surface area contributed by atoms with Gasteiger partial charge in [0, 0.05) is 41.9 Å². The Morgan fingerprint density at radius 2 is 1.79 bits per heavy atom. The molecule has 1 unspecified atom stereocenters. The first-order chi connectivity index (χ1) is 18.1. The van der Waals surface area contributed by atoms with Crippen molar-refractivity contribution < 1.29 is 23.5 Å². The molecule has 0 spiro atoms. The third kappa shape index (κ3) is 5.52. The quantitative estimate of drug-likeness (QED) is 0.329. The first kappa shape index (κ1) is 26.8. The van der Waals surface area contributed by atoms with Gasteiger partial charge in [0.15, 0.2) is 0 Å². The third-order valence-corrected chi connectivity index (χ3v) is 6.73. The van der Waals surface area contributed by atoms with E-state index in [4.69, 9.17) is 4.74 Å². The number of hydrogen-bond acceptors (Lipinski definition) is 4. The Morgan fingerprint density at radius 3 is 2.47 bits per heavy atom. The Kier molecular flexibility index (Phi) is 7.78. The maximum atomic E-state index is 13.2. The summed E-state index contributed by atoms with van der Waals surface area (Å²) in [7, 11) is 1.58. The summed E-state index contributed by atoms with van der Waals surface area (Å²) in [6.07, 6.45) is 1.57. The minimum Gasteiger partial charge on any atom is -0.380 e. The Bertz CT molecular complexity index is 1430. The third-order valence-electron chi connectivity index (χ3n) is 6.73. The van der Waals surface area contributed by atoms with Crippen LogP contribution >= 0.6 is 0 Å². The zero-order valence-corrected chi connectivity index (χ0v) is 22.0. The number of aromatic nitrogens is 1. The number of rotatable bonds is 8. The summed E-state index contributed by atoms with van der Waals surface area (Å²) in [6.45, 7) is 7.67. The van der Waals surface area contributed by atoms with E-state index >= 15 is 0 Å². The van der Waals surface area contributed by atoms with Crippen molar-refractivity contribution in [3.8, 4) is 0 Å². The van der Waals surface area contributed by atoms with Crippen molar-refractivity contribution in [2.45, 2.75) is 39.8 Å². The van der Waals surface area contributed by atoms with Crippen LogP contribution in [-0.2, 0) is 9.53 Å². The number of aromatic amines is 1. The Hall–Kier alpha value is -4.24. The number of fused-ring (bicyclic) bond motifs is 1. The molecule has 198 valence electrons. The summed E-state index contributed by atoms with van der Waals surface area (Å²) in [5.41, 5.74) is 5.25. The Morgan fingerprint density at radius 1 is 1.08 bits per heavy atom. The molecule has 0 radical (unpaired) electrons. The number of benzene rings is 2. The molecule has 9 heteroatoms. The van der Waals surface area contributed by atoms with Gasteiger partial charge in [-0.15, -0.1) is 0 Å². The molecule has 0 aliphatic carbocycles. The molecule has 3 amide bonds. The molecule has 8 nitrogen and oxygen atoms in total. The van der Waals surface area contributed by atoms with Crippen molar-refractivity contribution in [2.75, 3.05) is 19.0 Å². The fourth-order valence-electron chi connectivity index (χ4n) is 4.40. The van der Waals surface area contributed by atoms with E-state index in [0.717, 1.165) is 5.56 Å². The van der Waals surface area contributed by atoms with Crippen molar-refractivity contribution in [2.24, 2.45) is 0 Å². The fourth-order valence-corrected chi connectivity index (χ4v) is 4.40. The number of aryl methyl sites for hydroxylation is 1. The minimum atomic E-state index is -0.344. The van der Waals surface area contributed by atoms with E-state index in [1.807, 2.05) is 20.8 Å². The Labute approximate surface area is 220 Å². The topological polar surface area (TPSA) is 112 Å². The monoisotopic (exact) mass is 518 g/mol. The van der Waals surface area contributed by atoms with Gasteiger partial charge in [0.05, 0.1) is 23.3 Å². The molecule has 3 aromatic rings. The summed E-state index contributed by atoms with van der Waals surface area (Å²) in [4.78, 5) is 41.8. The first-order valence-corrected chi connectivity index (χ1v) is 12.3. The van der Waals surface area contributed by atoms with Crippen LogP contribution in [-0.4, -0.2) is 42.5 Å². The highest BCUT2D eigenvalue weighted by atomic mass is 19.1. The number of hydrogen-bond donors (Lipinski definition) is 4. The van der Waals surface area contributed by atoms with Crippen LogP contribution in [0.3, 0.4) is 0 Å². The number of methoxy groups -OCH3 is 1. The lowest BCUT2D eigenvalue weighted by molar-refractivity contribution is -0.110. The molecule has 4 rings (SSSR count). The standard InChI is InChI=1S/C29H31FN4O4/c1-15(38-5)14-31-29(37)26-16(2)25(32-18(26)4)13-23-22-12-20(8-11-24(22)34-28(23)36)27(35)33-17(3)19-6-9-21(30)10-7-19/h6-13,15,17,32H,14H2,1-5H3,(H,31,37)(H,33,35)(H,34,36)/b23-13-/t15-,17?/m1/s1. The maximum Gasteiger partial charge on any atom is 0.256 e. The van der Waals surface area contributed by atoms with Crippen molar-refractivity contribution >= 4 is 35.1 Å². The van der Waals surface area contributed by atoms with Crippen LogP contribution in [0.5, 0.6) is 0 Å². The highest BCUT2D eigenvalue weighted by Crippen LogP contribution is 2.35. The highest BCUT2D eigenvalue weighted by Gasteiger charge is 2.27. The summed E-state index contributed by atoms with van der Waals surface area (Å²) in [6, 6.07) is 10.6. The Balaban J connectivity index is 1.58. The lowest BCUT2D eigenvalue weighted by atomic mass is 10.0. The van der Waals surface area contributed by atoms with E-state index in [-0.39, 0.29) is 35.7 Å². The summed E-state index contributed by atoms with van der Waals surface area (Å²) in [5, 5.41) is 8.60. The molecular formula is C29H31FN4O4. The molecule has 4 N–H and O–H groups in total. The molecular weight excluding hydrogens is 487 g/mol. The van der Waals surface area contributed by atoms with Gasteiger partial charge in [-0.3, -0.25) is 14.4 Å². The molecule has 1 aliphatic heterocycles. The molecule has 0 saturated heterocycles. The van der Waals surface area contributed by atoms with Crippen molar-refractivity contribution in [1.82, 2.24) is 15.6 Å². The second-order valence-corrected chi connectivity index (χ2v) is 9.44. The van der Waals surface area contributed by atoms with Crippen LogP contribution in [0, 0.1) is 19.7 Å². The zero-order valence-electron chi connectivity index (χ0n) is 22.0. The van der Waals surface area contributed by atoms with Crippen LogP contribution < -0.4 is 16.0 Å². The number of H-pyrrole nitrogens is 1. The average Bonchev–Trinajstić information content (AvgIpc) is 3.36. The SMILES string of the molecule is CO[C@H](C)CNC(=O)c1c(C)[nH]c(/C=C2\C(=O)Nc3ccc(C(=O)NC(C)c4ccc(F)cc4)cc32)c1C. The lowest BCUT2D eigenvalue weighted by Crippen LogP contribution is -2.32. The average molecular weight is 519 g/mol. The normalized spacial score (nSPS) is 15.1. The van der Waals surface area contributed by atoms with E-state index in [0.29, 0.717) is 51.4 Å². The van der Waals surface area contributed by atoms with Gasteiger partial charge in [-0.2, -0.15) is 0 Å². The molecule has 2 heterocycles. The maximum absolute atomic E-state index is 13.2. The van der Waals surface area contributed by atoms with E-state index in [2.05, 4.69) is 20.9 Å². The summed E-state index contributed by atoms with van der Waals surface area (Å²) in [5.74, 6) is -1.19. The molecule has 2 aromatic carbocycles. The van der Waals surface area contributed by atoms with Gasteiger partial charge in [-0.1, -0.05) is 12.1 Å². The number of carbonyl (C=O) groups is 3. The van der Waals surface area contributed by atoms with Gasteiger partial charge < -0.3 is 25.7 Å². The molecule has 2 atom stereocenters. The minimum absolute atomic E-state index is 0.121. The van der Waals surface area contributed by atoms with Crippen molar-refractivity contribution in [3.63, 3.8) is 0 Å². The highest BCUT2D eigenvalue weighted by molar-refractivity contribution is 6.35. The van der Waals surface area contributed by atoms with Crippen LogP contribution in [0.4, 0.5) is 10.1 Å². The van der Waals surface area contributed by atoms with Crippen LogP contribution in [0.2, 0.25) is 0 Å². The van der Waals surface area contributed by atoms with Crippen LogP contribution in [0.25, 0.3) is 11.6 Å². The second-order valence-electron chi connectivity index (χ2n) is 9.44. The number of anilines is 1. The van der Waals surface area contributed by atoms with Gasteiger partial charge in [-0.05, 0) is 75.2 Å². The molecule has 0 saturated carbocycles. The van der Waals surface area contributed by atoms with Gasteiger partial charge in [-0.25, -0.2) is 4.39 Å². The fraction of sp³-hybridized carbons (Fsp3) is 0.276. The molecule has 38 heavy (non-hydrogen) atoms. The number of nitrogens with one attached hydrogen (secondary N) is 4. The van der Waals surface area contributed by atoms with E-state index < -0.39 is 0 Å². The summed E-state index contributed by atoms with van der Waals surface area (Å²) < 4.78 is 18.4. The van der Waals surface area contributed by atoms with E-state index in [9.17, 15) is 18.8 Å². The number of amides is 3. The lowest BCUT2D eigenvalue weighted by Gasteiger charge is -2.15. The van der Waals surface area contributed by atoms with Gasteiger partial charge in [0.1, 0.15) is 5.82 Å². The first-order valence-electron chi connectivity index (χ1n) is 12.3. The molecule has 1 aliphatic rings. The molecule has 0 fully saturated rings. The molecule has 1 aromatic heterocycles. The van der Waals surface area contributed by atoms with Crippen LogP contribution in [0.1, 0.15) is 68.7 Å². The van der Waals surface area contributed by atoms with E-state index in [1.165, 1.54) is 12.1 Å². The van der Waals surface area contributed by atoms with Crippen LogP contribution in [0.15, 0.2) is 42.5 Å². The second kappa shape index (κ2) is 11.0. The van der Waals surface area contributed by atoms with Gasteiger partial charge in [0.2, 0.25) is 0 Å². The van der Waals surface area contributed by atoms with Gasteiger partial charge in [0.25, 0.3) is 17.7 Å².